The summed E-state index contributed by atoms with van der Waals surface area (Å²) in [6.07, 6.45) is -3.32. The summed E-state index contributed by atoms with van der Waals surface area (Å²) in [5.74, 6) is 14.3. The van der Waals surface area contributed by atoms with Crippen LogP contribution in [0.4, 0.5) is 4.32 Å². The molecule has 0 saturated carbocycles. The van der Waals surface area contributed by atoms with Gasteiger partial charge in [-0.2, -0.15) is 0 Å². The lowest BCUT2D eigenvalue weighted by atomic mass is 9.46. The predicted molar refractivity (Wildman–Crippen MR) is 141 cm³/mol. The van der Waals surface area contributed by atoms with Gasteiger partial charge in [0.05, 0.1) is 38.0 Å². The van der Waals surface area contributed by atoms with Crippen LogP contribution in [0.5, 0.6) is 0 Å². The Hall–Kier alpha value is -5.26. The van der Waals surface area contributed by atoms with E-state index in [0.29, 0.717) is 33.4 Å². The standard InChI is InChI=1S/C30H21BFO6/c1-36-28(33)25-10-4-22(5-11-25)16-19-31(32,20-17-23-6-12-26(13-7-23)29(34)37-2)21-18-24-8-14-27(15-9-24)30(35)38-3/h4-15H,1-3H3/q-1. The molecule has 0 aliphatic heterocycles. The van der Waals surface area contributed by atoms with Gasteiger partial charge in [0, 0.05) is 16.7 Å². The van der Waals surface area contributed by atoms with Crippen molar-refractivity contribution in [3.63, 3.8) is 0 Å². The Morgan fingerprint density at radius 1 is 0.526 bits per heavy atom. The zero-order chi connectivity index (χ0) is 27.5. The highest BCUT2D eigenvalue weighted by molar-refractivity contribution is 6.95. The third-order valence-electron chi connectivity index (χ3n) is 5.16. The summed E-state index contributed by atoms with van der Waals surface area (Å²) in [5.41, 5.74) is 2.36. The van der Waals surface area contributed by atoms with Crippen molar-refractivity contribution in [1.29, 1.82) is 0 Å². The van der Waals surface area contributed by atoms with E-state index in [2.05, 4.69) is 49.4 Å². The molecule has 3 aromatic rings. The average Bonchev–Trinajstić information content (AvgIpc) is 2.97. The average molecular weight is 507 g/mol. The Morgan fingerprint density at radius 3 is 0.974 bits per heavy atom. The molecule has 3 aromatic carbocycles. The van der Waals surface area contributed by atoms with Crippen molar-refractivity contribution in [2.75, 3.05) is 21.3 Å². The van der Waals surface area contributed by atoms with Gasteiger partial charge in [-0.25, -0.2) is 31.8 Å². The lowest BCUT2D eigenvalue weighted by molar-refractivity contribution is 0.0592. The molecule has 0 saturated heterocycles. The Balaban J connectivity index is 1.96. The van der Waals surface area contributed by atoms with Crippen molar-refractivity contribution in [2.45, 2.75) is 0 Å². The molecule has 0 unspecified atom stereocenters. The third-order valence-corrected chi connectivity index (χ3v) is 5.16. The van der Waals surface area contributed by atoms with E-state index in [-0.39, 0.29) is 0 Å². The number of halogens is 1. The first-order valence-electron chi connectivity index (χ1n) is 11.2. The number of ether oxygens (including phenoxy) is 3. The van der Waals surface area contributed by atoms with E-state index in [1.165, 1.54) is 57.7 Å². The Kier molecular flexibility index (Phi) is 9.08. The second kappa shape index (κ2) is 12.6. The largest absolute Gasteiger partial charge is 0.472 e. The zero-order valence-electron chi connectivity index (χ0n) is 20.8. The van der Waals surface area contributed by atoms with Crippen LogP contribution < -0.4 is 0 Å². The van der Waals surface area contributed by atoms with Gasteiger partial charge in [0.25, 0.3) is 0 Å². The summed E-state index contributed by atoms with van der Waals surface area (Å²) >= 11 is 0. The Morgan fingerprint density at radius 2 is 0.763 bits per heavy atom. The fourth-order valence-corrected chi connectivity index (χ4v) is 3.08. The zero-order valence-corrected chi connectivity index (χ0v) is 20.8. The van der Waals surface area contributed by atoms with Crippen LogP contribution >= 0.6 is 0 Å². The lowest BCUT2D eigenvalue weighted by Gasteiger charge is -2.12. The minimum atomic E-state index is -3.32. The summed E-state index contributed by atoms with van der Waals surface area (Å²) in [5, 5.41) is 0. The van der Waals surface area contributed by atoms with Crippen molar-refractivity contribution in [3.8, 4) is 35.2 Å². The predicted octanol–water partition coefficient (Wildman–Crippen LogP) is 4.03. The molecule has 0 atom stereocenters. The summed E-state index contributed by atoms with van der Waals surface area (Å²) in [4.78, 5) is 34.9. The van der Waals surface area contributed by atoms with Gasteiger partial charge in [-0.05, 0) is 72.8 Å². The molecule has 0 aromatic heterocycles. The molecule has 0 aliphatic rings. The van der Waals surface area contributed by atoms with E-state index in [9.17, 15) is 14.4 Å². The second-order valence-electron chi connectivity index (χ2n) is 7.78. The van der Waals surface area contributed by atoms with Crippen molar-refractivity contribution in [3.05, 3.63) is 106 Å². The molecule has 0 aliphatic carbocycles. The van der Waals surface area contributed by atoms with Crippen LogP contribution in [0.1, 0.15) is 47.8 Å². The molecule has 0 N–H and O–H groups in total. The summed E-state index contributed by atoms with van der Waals surface area (Å²) in [7, 11) is 3.83. The SMILES string of the molecule is COC(=O)c1ccc(C#C[B-](F)(C#Cc2ccc(C(=O)OC)cc2)C#Cc2ccc(C(=O)OC)cc2)cc1. The van der Waals surface area contributed by atoms with Gasteiger partial charge >= 0.3 is 24.3 Å². The second-order valence-corrected chi connectivity index (χ2v) is 7.78. The van der Waals surface area contributed by atoms with Gasteiger partial charge in [-0.15, -0.1) is 17.8 Å². The van der Waals surface area contributed by atoms with E-state index in [1.54, 1.807) is 36.4 Å². The van der Waals surface area contributed by atoms with Crippen LogP contribution in [0.2, 0.25) is 0 Å². The molecule has 6 nitrogen and oxygen atoms in total. The van der Waals surface area contributed by atoms with Gasteiger partial charge in [0.2, 0.25) is 0 Å². The molecular formula is C30H21BFO6-. The van der Waals surface area contributed by atoms with Crippen LogP contribution in [-0.2, 0) is 14.2 Å². The number of methoxy groups -OCH3 is 3. The monoisotopic (exact) mass is 507 g/mol. The minimum absolute atomic E-state index is 0.334. The maximum Gasteiger partial charge on any atom is 0.358 e. The third kappa shape index (κ3) is 7.37. The van der Waals surface area contributed by atoms with Crippen molar-refractivity contribution in [2.24, 2.45) is 0 Å². The highest BCUT2D eigenvalue weighted by atomic mass is 19.1. The number of esters is 3. The van der Waals surface area contributed by atoms with Gasteiger partial charge in [-0.3, -0.25) is 0 Å². The number of rotatable bonds is 3. The minimum Gasteiger partial charge on any atom is -0.472 e. The van der Waals surface area contributed by atoms with Gasteiger partial charge in [0.1, 0.15) is 0 Å². The maximum atomic E-state index is 16.0. The Bertz CT molecular complexity index is 1340. The fourth-order valence-electron chi connectivity index (χ4n) is 3.08. The molecule has 0 heterocycles. The number of carbonyl (C=O) groups excluding carboxylic acids is 3. The van der Waals surface area contributed by atoms with Crippen LogP contribution in [-0.4, -0.2) is 45.7 Å². The van der Waals surface area contributed by atoms with Crippen molar-refractivity contribution < 1.29 is 32.9 Å². The number of hydrogen-bond donors (Lipinski definition) is 0. The van der Waals surface area contributed by atoms with E-state index < -0.39 is 24.3 Å². The first kappa shape index (κ1) is 27.3. The molecule has 188 valence electrons. The summed E-state index contributed by atoms with van der Waals surface area (Å²) in [6.45, 7) is 0. The van der Waals surface area contributed by atoms with Gasteiger partial charge < -0.3 is 18.5 Å². The highest BCUT2D eigenvalue weighted by Crippen LogP contribution is 2.10. The highest BCUT2D eigenvalue weighted by Gasteiger charge is 2.15. The molecule has 0 amide bonds. The van der Waals surface area contributed by atoms with Crippen LogP contribution in [0.15, 0.2) is 72.8 Å². The molecule has 38 heavy (non-hydrogen) atoms. The maximum absolute atomic E-state index is 16.0. The van der Waals surface area contributed by atoms with Crippen LogP contribution in [0.3, 0.4) is 0 Å². The summed E-state index contributed by atoms with van der Waals surface area (Å²) < 4.78 is 30.0. The molecule has 8 heteroatoms. The molecule has 0 fully saturated rings. The van der Waals surface area contributed by atoms with E-state index >= 15 is 4.32 Å². The molecule has 3 rings (SSSR count). The van der Waals surface area contributed by atoms with Gasteiger partial charge in [-0.1, -0.05) is 0 Å². The van der Waals surface area contributed by atoms with Crippen LogP contribution in [0, 0.1) is 35.2 Å². The Labute approximate surface area is 220 Å². The summed E-state index contributed by atoms with van der Waals surface area (Å²) in [6, 6.07) is 18.5. The van der Waals surface area contributed by atoms with Crippen molar-refractivity contribution >= 4 is 24.3 Å². The lowest BCUT2D eigenvalue weighted by Crippen LogP contribution is -2.23. The number of hydrogen-bond acceptors (Lipinski definition) is 6. The van der Waals surface area contributed by atoms with E-state index in [1.807, 2.05) is 0 Å². The molecule has 0 radical (unpaired) electrons. The van der Waals surface area contributed by atoms with Crippen LogP contribution in [0.25, 0.3) is 0 Å². The molecule has 0 spiro atoms. The number of carbonyl (C=O) groups is 3. The molecule has 0 bridgehead atoms. The first-order chi connectivity index (χ1) is 18.3. The molecular weight excluding hydrogens is 486 g/mol. The van der Waals surface area contributed by atoms with E-state index in [0.717, 1.165) is 0 Å². The normalized spacial score (nSPS) is 9.79. The van der Waals surface area contributed by atoms with Gasteiger partial charge in [0.15, 0.2) is 0 Å². The number of benzene rings is 3. The smallest absolute Gasteiger partial charge is 0.358 e. The van der Waals surface area contributed by atoms with E-state index in [4.69, 9.17) is 0 Å². The fraction of sp³-hybridized carbons (Fsp3) is 0.100. The first-order valence-corrected chi connectivity index (χ1v) is 11.2. The van der Waals surface area contributed by atoms with Crippen molar-refractivity contribution in [1.82, 2.24) is 0 Å². The quantitative estimate of drug-likeness (QED) is 0.231. The topological polar surface area (TPSA) is 78.9 Å².